The molecular formula is C20H32F2N2O. The number of rotatable bonds is 7. The molecule has 25 heavy (non-hydrogen) atoms. The number of benzene rings is 1. The molecule has 0 radical (unpaired) electrons. The fourth-order valence-electron chi connectivity index (χ4n) is 2.37. The van der Waals surface area contributed by atoms with E-state index in [9.17, 15) is 8.78 Å². The first-order valence-electron chi connectivity index (χ1n) is 8.69. The van der Waals surface area contributed by atoms with E-state index in [1.807, 2.05) is 31.9 Å². The lowest BCUT2D eigenvalue weighted by Gasteiger charge is -2.26. The van der Waals surface area contributed by atoms with Crippen molar-refractivity contribution in [1.82, 2.24) is 4.90 Å². The number of hydrogen-bond donors (Lipinski definition) is 0. The Hall–Kier alpha value is -1.65. The zero-order valence-electron chi connectivity index (χ0n) is 16.8. The van der Waals surface area contributed by atoms with Crippen LogP contribution in [-0.2, 0) is 0 Å². The highest BCUT2D eigenvalue weighted by molar-refractivity contribution is 5.64. The van der Waals surface area contributed by atoms with Gasteiger partial charge in [0, 0.05) is 19.5 Å². The van der Waals surface area contributed by atoms with Crippen LogP contribution in [0.25, 0.3) is 0 Å². The summed E-state index contributed by atoms with van der Waals surface area (Å²) >= 11 is 0. The quantitative estimate of drug-likeness (QED) is 0.460. The molecule has 0 heterocycles. The van der Waals surface area contributed by atoms with Crippen LogP contribution >= 0.6 is 0 Å². The van der Waals surface area contributed by atoms with Gasteiger partial charge in [0.2, 0.25) is 0 Å². The van der Waals surface area contributed by atoms with Gasteiger partial charge in [0.15, 0.2) is 6.61 Å². The molecule has 3 nitrogen and oxygen atoms in total. The van der Waals surface area contributed by atoms with Crippen LogP contribution in [0.2, 0.25) is 0 Å². The van der Waals surface area contributed by atoms with Gasteiger partial charge in [0.05, 0.1) is 12.0 Å². The third-order valence-corrected chi connectivity index (χ3v) is 3.91. The summed E-state index contributed by atoms with van der Waals surface area (Å²) in [5, 5.41) is 0. The van der Waals surface area contributed by atoms with Gasteiger partial charge in [-0.1, -0.05) is 20.8 Å². The van der Waals surface area contributed by atoms with E-state index in [0.29, 0.717) is 11.8 Å². The lowest BCUT2D eigenvalue weighted by Crippen LogP contribution is -2.31. The van der Waals surface area contributed by atoms with Crippen molar-refractivity contribution in [2.75, 3.05) is 13.7 Å². The molecule has 0 fully saturated rings. The molecule has 0 amide bonds. The van der Waals surface area contributed by atoms with Gasteiger partial charge in [-0.05, 0) is 56.4 Å². The highest BCUT2D eigenvalue weighted by Gasteiger charge is 2.35. The molecule has 0 aliphatic carbocycles. The predicted octanol–water partition coefficient (Wildman–Crippen LogP) is 5.75. The summed E-state index contributed by atoms with van der Waals surface area (Å²) in [7, 11) is 1.96. The average Bonchev–Trinajstić information content (AvgIpc) is 2.43. The summed E-state index contributed by atoms with van der Waals surface area (Å²) in [6.07, 6.45) is 1.58. The highest BCUT2D eigenvalue weighted by Crippen LogP contribution is 2.33. The van der Waals surface area contributed by atoms with E-state index >= 15 is 0 Å². The Morgan fingerprint density at radius 2 is 1.76 bits per heavy atom. The number of hydrogen-bond acceptors (Lipinski definition) is 2. The van der Waals surface area contributed by atoms with Crippen molar-refractivity contribution >= 4 is 12.0 Å². The van der Waals surface area contributed by atoms with Crippen molar-refractivity contribution in [3.8, 4) is 5.75 Å². The van der Waals surface area contributed by atoms with Crippen LogP contribution in [0.1, 0.15) is 52.2 Å². The molecule has 0 saturated carbocycles. The second kappa shape index (κ2) is 8.15. The summed E-state index contributed by atoms with van der Waals surface area (Å²) in [6.45, 7) is 12.7. The molecule has 0 spiro atoms. The van der Waals surface area contributed by atoms with E-state index in [1.54, 1.807) is 33.2 Å². The number of aryl methyl sites for hydroxylation is 2. The van der Waals surface area contributed by atoms with Crippen molar-refractivity contribution in [2.45, 2.75) is 66.9 Å². The number of halogens is 2. The van der Waals surface area contributed by atoms with Crippen molar-refractivity contribution < 1.29 is 13.5 Å². The Morgan fingerprint density at radius 3 is 2.28 bits per heavy atom. The number of alkyl halides is 2. The third kappa shape index (κ3) is 7.41. The van der Waals surface area contributed by atoms with Gasteiger partial charge < -0.3 is 9.64 Å². The third-order valence-electron chi connectivity index (χ3n) is 3.91. The van der Waals surface area contributed by atoms with Crippen molar-refractivity contribution in [1.29, 1.82) is 0 Å². The molecule has 142 valence electrons. The van der Waals surface area contributed by atoms with Gasteiger partial charge in [-0.25, -0.2) is 13.8 Å². The molecular weight excluding hydrogens is 322 g/mol. The van der Waals surface area contributed by atoms with Gasteiger partial charge >= 0.3 is 0 Å². The average molecular weight is 354 g/mol. The minimum Gasteiger partial charge on any atom is -0.487 e. The Kier molecular flexibility index (Phi) is 6.98. The van der Waals surface area contributed by atoms with Crippen molar-refractivity contribution in [3.63, 3.8) is 0 Å². The zero-order valence-corrected chi connectivity index (χ0v) is 16.8. The SMILES string of the molecule is Cc1cc(OCC(F)(F)CC(C)(C)C)c(C)cc1/N=C/N(C)C(C)C. The van der Waals surface area contributed by atoms with E-state index in [-0.39, 0.29) is 6.42 Å². The Balaban J connectivity index is 2.86. The monoisotopic (exact) mass is 354 g/mol. The fourth-order valence-corrected chi connectivity index (χ4v) is 2.37. The molecule has 0 bridgehead atoms. The van der Waals surface area contributed by atoms with Crippen LogP contribution in [0.3, 0.4) is 0 Å². The lowest BCUT2D eigenvalue weighted by molar-refractivity contribution is -0.0696. The second-order valence-electron chi connectivity index (χ2n) is 8.29. The Bertz CT molecular complexity index is 604. The number of nitrogens with zero attached hydrogens (tertiary/aromatic N) is 2. The molecule has 0 aromatic heterocycles. The minimum absolute atomic E-state index is 0.206. The van der Waals surface area contributed by atoms with Crippen LogP contribution in [0.4, 0.5) is 14.5 Å². The molecule has 1 aromatic carbocycles. The first kappa shape index (κ1) is 21.4. The molecule has 1 rings (SSSR count). The maximum atomic E-state index is 14.0. The van der Waals surface area contributed by atoms with E-state index < -0.39 is 17.9 Å². The Labute approximate surface area is 151 Å². The summed E-state index contributed by atoms with van der Waals surface area (Å²) in [6, 6.07) is 4.01. The highest BCUT2D eigenvalue weighted by atomic mass is 19.3. The molecule has 0 N–H and O–H groups in total. The fraction of sp³-hybridized carbons (Fsp3) is 0.650. The second-order valence-corrected chi connectivity index (χ2v) is 8.29. The van der Waals surface area contributed by atoms with Crippen LogP contribution in [0.15, 0.2) is 17.1 Å². The number of aliphatic imine (C=N–C) groups is 1. The summed E-state index contributed by atoms with van der Waals surface area (Å²) in [5.41, 5.74) is 2.07. The minimum atomic E-state index is -2.85. The van der Waals surface area contributed by atoms with Crippen LogP contribution in [-0.4, -0.2) is 36.9 Å². The van der Waals surface area contributed by atoms with Crippen LogP contribution < -0.4 is 4.74 Å². The molecule has 1 aromatic rings. The standard InChI is InChI=1S/C20H32F2N2O/c1-14(2)24(8)13-23-17-9-16(4)18(10-15(17)3)25-12-20(21,22)11-19(5,6)7/h9-10,13-14H,11-12H2,1-8H3/b23-13+. The van der Waals surface area contributed by atoms with E-state index in [0.717, 1.165) is 16.8 Å². The molecule has 0 saturated heterocycles. The van der Waals surface area contributed by atoms with Gasteiger partial charge in [-0.3, -0.25) is 0 Å². The van der Waals surface area contributed by atoms with Gasteiger partial charge in [0.25, 0.3) is 5.92 Å². The van der Waals surface area contributed by atoms with Gasteiger partial charge in [-0.15, -0.1) is 0 Å². The van der Waals surface area contributed by atoms with Crippen molar-refractivity contribution in [3.05, 3.63) is 23.3 Å². The number of ether oxygens (including phenoxy) is 1. The zero-order chi connectivity index (χ0) is 19.4. The molecule has 5 heteroatoms. The first-order valence-corrected chi connectivity index (χ1v) is 8.69. The maximum Gasteiger partial charge on any atom is 0.281 e. The van der Waals surface area contributed by atoms with E-state index in [1.165, 1.54) is 0 Å². The lowest BCUT2D eigenvalue weighted by atomic mass is 9.89. The predicted molar refractivity (Wildman–Crippen MR) is 101 cm³/mol. The van der Waals surface area contributed by atoms with E-state index in [2.05, 4.69) is 18.8 Å². The molecule has 0 aliphatic heterocycles. The van der Waals surface area contributed by atoms with Crippen molar-refractivity contribution in [2.24, 2.45) is 10.4 Å². The molecule has 0 unspecified atom stereocenters. The molecule has 0 aliphatic rings. The smallest absolute Gasteiger partial charge is 0.281 e. The van der Waals surface area contributed by atoms with Crippen LogP contribution in [0, 0.1) is 19.3 Å². The molecule has 0 atom stereocenters. The topological polar surface area (TPSA) is 24.8 Å². The van der Waals surface area contributed by atoms with Gasteiger partial charge in [0.1, 0.15) is 5.75 Å². The Morgan fingerprint density at radius 1 is 1.16 bits per heavy atom. The van der Waals surface area contributed by atoms with Gasteiger partial charge in [-0.2, -0.15) is 0 Å². The first-order chi connectivity index (χ1) is 11.3. The largest absolute Gasteiger partial charge is 0.487 e. The summed E-state index contributed by atoms with van der Waals surface area (Å²) in [5.74, 6) is -2.36. The maximum absolute atomic E-state index is 14.0. The summed E-state index contributed by atoms with van der Waals surface area (Å²) < 4.78 is 33.5. The summed E-state index contributed by atoms with van der Waals surface area (Å²) in [4.78, 5) is 6.49. The van der Waals surface area contributed by atoms with E-state index in [4.69, 9.17) is 4.74 Å². The normalized spacial score (nSPS) is 12.9. The van der Waals surface area contributed by atoms with Crippen LogP contribution in [0.5, 0.6) is 5.75 Å².